The Morgan fingerprint density at radius 2 is 2.00 bits per heavy atom. The molecule has 0 aliphatic carbocycles. The Labute approximate surface area is 89.9 Å². The van der Waals surface area contributed by atoms with Gasteiger partial charge in [-0.2, -0.15) is 0 Å². The first-order valence-electron chi connectivity index (χ1n) is 4.41. The van der Waals surface area contributed by atoms with Gasteiger partial charge in [-0.05, 0) is 12.1 Å². The summed E-state index contributed by atoms with van der Waals surface area (Å²) >= 11 is 5.93. The molecule has 1 aromatic heterocycles. The molecule has 0 bridgehead atoms. The van der Waals surface area contributed by atoms with Gasteiger partial charge in [0.05, 0.1) is 17.1 Å². The van der Waals surface area contributed by atoms with Crippen LogP contribution >= 0.6 is 11.6 Å². The number of H-pyrrole nitrogens is 2. The molecule has 6 heteroatoms. The molecule has 0 amide bonds. The van der Waals surface area contributed by atoms with Crippen LogP contribution < -0.4 is 11.4 Å². The van der Waals surface area contributed by atoms with Gasteiger partial charge in [-0.1, -0.05) is 11.6 Å². The third kappa shape index (κ3) is 1.77. The Morgan fingerprint density at radius 3 is 2.60 bits per heavy atom. The number of nitrogens with two attached hydrogens (primary N) is 1. The number of hydrogen-bond acceptors (Lipinski definition) is 3. The van der Waals surface area contributed by atoms with E-state index in [9.17, 15) is 9.90 Å². The average molecular weight is 228 g/mol. The van der Waals surface area contributed by atoms with Crippen molar-refractivity contribution in [3.05, 3.63) is 33.2 Å². The summed E-state index contributed by atoms with van der Waals surface area (Å²) in [5.74, 6) is 0. The van der Waals surface area contributed by atoms with Gasteiger partial charge in [0, 0.05) is 17.1 Å². The first kappa shape index (κ1) is 10.2. The quantitative estimate of drug-likeness (QED) is 0.602. The summed E-state index contributed by atoms with van der Waals surface area (Å²) < 4.78 is 0. The summed E-state index contributed by atoms with van der Waals surface area (Å²) in [5.41, 5.74) is 6.76. The molecule has 0 aliphatic heterocycles. The number of imidazole rings is 1. The molecule has 0 spiro atoms. The zero-order chi connectivity index (χ0) is 11.0. The number of hydrogen-bond donors (Lipinski definition) is 4. The highest BCUT2D eigenvalue weighted by Crippen LogP contribution is 2.25. The average Bonchev–Trinajstić information content (AvgIpc) is 2.55. The molecule has 5 nitrogen and oxygen atoms in total. The summed E-state index contributed by atoms with van der Waals surface area (Å²) in [5, 5.41) is 9.95. The second-order valence-electron chi connectivity index (χ2n) is 3.25. The lowest BCUT2D eigenvalue weighted by atomic mass is 10.1. The number of nitrogens with one attached hydrogen (secondary N) is 2. The lowest BCUT2D eigenvalue weighted by Crippen LogP contribution is -2.11. The third-order valence-electron chi connectivity index (χ3n) is 2.22. The standard InChI is InChI=1S/C9H10ClN3O2/c10-5-2-7-6(12-9(15)13-7)1-4(5)8(14)3-11/h1-2,8,14H,3,11H2,(H2,12,13,15). The van der Waals surface area contributed by atoms with Crippen LogP contribution in [0.4, 0.5) is 0 Å². The van der Waals surface area contributed by atoms with Crippen molar-refractivity contribution in [1.29, 1.82) is 0 Å². The SMILES string of the molecule is NCC(O)c1cc2[nH]c(=O)[nH]c2cc1Cl. The minimum Gasteiger partial charge on any atom is -0.387 e. The maximum absolute atomic E-state index is 11.0. The number of benzene rings is 1. The fourth-order valence-corrected chi connectivity index (χ4v) is 1.74. The monoisotopic (exact) mass is 227 g/mol. The van der Waals surface area contributed by atoms with Gasteiger partial charge < -0.3 is 20.8 Å². The van der Waals surface area contributed by atoms with Gasteiger partial charge in [0.2, 0.25) is 0 Å². The zero-order valence-electron chi connectivity index (χ0n) is 7.75. The minimum absolute atomic E-state index is 0.0832. The largest absolute Gasteiger partial charge is 0.387 e. The molecule has 1 aromatic carbocycles. The number of aromatic amines is 2. The van der Waals surface area contributed by atoms with E-state index in [4.69, 9.17) is 17.3 Å². The van der Waals surface area contributed by atoms with Crippen LogP contribution in [0.5, 0.6) is 0 Å². The highest BCUT2D eigenvalue weighted by atomic mass is 35.5. The van der Waals surface area contributed by atoms with E-state index in [0.717, 1.165) is 0 Å². The van der Waals surface area contributed by atoms with Crippen molar-refractivity contribution in [2.75, 3.05) is 6.54 Å². The topological polar surface area (TPSA) is 94.9 Å². The molecule has 0 radical (unpaired) electrons. The number of rotatable bonds is 2. The Kier molecular flexibility index (Phi) is 2.52. The van der Waals surface area contributed by atoms with E-state index in [1.54, 1.807) is 12.1 Å². The molecule has 0 aliphatic rings. The molecule has 0 fully saturated rings. The van der Waals surface area contributed by atoms with Crippen LogP contribution in [0.15, 0.2) is 16.9 Å². The molecule has 1 atom stereocenters. The highest BCUT2D eigenvalue weighted by molar-refractivity contribution is 6.32. The van der Waals surface area contributed by atoms with Crippen molar-refractivity contribution >= 4 is 22.6 Å². The lowest BCUT2D eigenvalue weighted by Gasteiger charge is -2.09. The van der Waals surface area contributed by atoms with Crippen LogP contribution in [-0.2, 0) is 0 Å². The molecular weight excluding hydrogens is 218 g/mol. The van der Waals surface area contributed by atoms with Gasteiger partial charge in [-0.3, -0.25) is 0 Å². The number of fused-ring (bicyclic) bond motifs is 1. The summed E-state index contributed by atoms with van der Waals surface area (Å²) in [4.78, 5) is 16.2. The molecule has 1 heterocycles. The van der Waals surface area contributed by atoms with Crippen molar-refractivity contribution in [2.45, 2.75) is 6.10 Å². The fourth-order valence-electron chi connectivity index (χ4n) is 1.46. The minimum atomic E-state index is -0.819. The van der Waals surface area contributed by atoms with E-state index in [1.165, 1.54) is 0 Å². The van der Waals surface area contributed by atoms with Crippen molar-refractivity contribution in [3.8, 4) is 0 Å². The molecule has 2 aromatic rings. The van der Waals surface area contributed by atoms with Gasteiger partial charge >= 0.3 is 5.69 Å². The predicted octanol–water partition coefficient (Wildman–Crippen LogP) is 0.502. The third-order valence-corrected chi connectivity index (χ3v) is 2.54. The summed E-state index contributed by atoms with van der Waals surface area (Å²) in [6.45, 7) is 0.0832. The van der Waals surface area contributed by atoms with Crippen LogP contribution in [0.25, 0.3) is 11.0 Å². The molecule has 1 unspecified atom stereocenters. The van der Waals surface area contributed by atoms with E-state index in [-0.39, 0.29) is 12.2 Å². The van der Waals surface area contributed by atoms with Gasteiger partial charge in [0.15, 0.2) is 0 Å². The van der Waals surface area contributed by atoms with Crippen LogP contribution in [0.3, 0.4) is 0 Å². The Hall–Kier alpha value is -1.30. The Morgan fingerprint density at radius 1 is 1.40 bits per heavy atom. The maximum Gasteiger partial charge on any atom is 0.323 e. The van der Waals surface area contributed by atoms with Gasteiger partial charge in [-0.15, -0.1) is 0 Å². The maximum atomic E-state index is 11.0. The lowest BCUT2D eigenvalue weighted by molar-refractivity contribution is 0.187. The summed E-state index contributed by atoms with van der Waals surface area (Å²) in [6, 6.07) is 3.20. The number of aliphatic hydroxyl groups excluding tert-OH is 1. The number of halogens is 1. The van der Waals surface area contributed by atoms with Crippen molar-refractivity contribution in [1.82, 2.24) is 9.97 Å². The van der Waals surface area contributed by atoms with Gasteiger partial charge in [0.25, 0.3) is 0 Å². The summed E-state index contributed by atoms with van der Waals surface area (Å²) in [6.07, 6.45) is -0.819. The molecule has 5 N–H and O–H groups in total. The van der Waals surface area contributed by atoms with Crippen molar-refractivity contribution < 1.29 is 5.11 Å². The van der Waals surface area contributed by atoms with Gasteiger partial charge in [0.1, 0.15) is 0 Å². The number of aromatic nitrogens is 2. The zero-order valence-corrected chi connectivity index (χ0v) is 8.51. The first-order valence-corrected chi connectivity index (χ1v) is 4.79. The van der Waals surface area contributed by atoms with Crippen LogP contribution in [-0.4, -0.2) is 21.6 Å². The molecule has 2 rings (SSSR count). The van der Waals surface area contributed by atoms with E-state index < -0.39 is 6.10 Å². The molecular formula is C9H10ClN3O2. The summed E-state index contributed by atoms with van der Waals surface area (Å²) in [7, 11) is 0. The van der Waals surface area contributed by atoms with E-state index in [1.807, 2.05) is 0 Å². The molecule has 0 saturated carbocycles. The molecule has 80 valence electrons. The normalized spacial score (nSPS) is 13.3. The van der Waals surface area contributed by atoms with Crippen LogP contribution in [0.2, 0.25) is 5.02 Å². The van der Waals surface area contributed by atoms with Crippen molar-refractivity contribution in [3.63, 3.8) is 0 Å². The number of aliphatic hydroxyl groups is 1. The molecule has 0 saturated heterocycles. The second-order valence-corrected chi connectivity index (χ2v) is 3.66. The fraction of sp³-hybridized carbons (Fsp3) is 0.222. The van der Waals surface area contributed by atoms with Crippen LogP contribution in [0, 0.1) is 0 Å². The van der Waals surface area contributed by atoms with E-state index >= 15 is 0 Å². The van der Waals surface area contributed by atoms with Gasteiger partial charge in [-0.25, -0.2) is 4.79 Å². The second kappa shape index (κ2) is 3.69. The Bertz CT molecular complexity index is 546. The first-order chi connectivity index (χ1) is 7.11. The van der Waals surface area contributed by atoms with E-state index in [0.29, 0.717) is 21.6 Å². The predicted molar refractivity (Wildman–Crippen MR) is 57.9 cm³/mol. The highest BCUT2D eigenvalue weighted by Gasteiger charge is 2.12. The Balaban J connectivity index is 2.66. The van der Waals surface area contributed by atoms with E-state index in [2.05, 4.69) is 9.97 Å². The molecule has 15 heavy (non-hydrogen) atoms. The van der Waals surface area contributed by atoms with Crippen molar-refractivity contribution in [2.24, 2.45) is 5.73 Å². The van der Waals surface area contributed by atoms with Crippen LogP contribution in [0.1, 0.15) is 11.7 Å². The smallest absolute Gasteiger partial charge is 0.323 e.